The van der Waals surface area contributed by atoms with E-state index in [1.54, 1.807) is 18.2 Å². The van der Waals surface area contributed by atoms with Crippen LogP contribution in [-0.2, 0) is 0 Å². The molecule has 0 atom stereocenters. The summed E-state index contributed by atoms with van der Waals surface area (Å²) in [7, 11) is 0. The fourth-order valence-electron chi connectivity index (χ4n) is 3.50. The van der Waals surface area contributed by atoms with Crippen LogP contribution in [0.4, 0.5) is 11.5 Å². The molecule has 24 heavy (non-hydrogen) atoms. The number of rotatable bonds is 4. The molecule has 3 heterocycles. The third-order valence-electron chi connectivity index (χ3n) is 4.59. The maximum absolute atomic E-state index is 12.5. The summed E-state index contributed by atoms with van der Waals surface area (Å²) in [6, 6.07) is 5.13. The van der Waals surface area contributed by atoms with Crippen molar-refractivity contribution in [2.24, 2.45) is 11.8 Å². The Kier molecular flexibility index (Phi) is 4.51. The highest BCUT2D eigenvalue weighted by Crippen LogP contribution is 2.30. The Hall–Kier alpha value is -2.44. The van der Waals surface area contributed by atoms with E-state index in [0.29, 0.717) is 30.6 Å². The highest BCUT2D eigenvalue weighted by atomic mass is 16.6. The third-order valence-corrected chi connectivity index (χ3v) is 4.59. The Bertz CT molecular complexity index is 807. The van der Waals surface area contributed by atoms with E-state index < -0.39 is 16.2 Å². The fraction of sp³-hybridized carbons (Fsp3) is 0.529. The fourth-order valence-corrected chi connectivity index (χ4v) is 3.50. The minimum atomic E-state index is -0.620. The van der Waals surface area contributed by atoms with E-state index in [0.717, 1.165) is 12.8 Å². The van der Waals surface area contributed by atoms with Crippen LogP contribution in [0, 0.1) is 22.0 Å². The van der Waals surface area contributed by atoms with Gasteiger partial charge < -0.3 is 4.90 Å². The standard InChI is InChI=1S/C17H22N4O3/c1-12(2)11-13-6-9-19(10-7-13)16-15(21(23)24)17(22)20-8-4-3-5-14(20)18-16/h3-5,8,12-13H,6-7,9-11H2,1-2H3. The lowest BCUT2D eigenvalue weighted by Gasteiger charge is -2.33. The predicted octanol–water partition coefficient (Wildman–Crippen LogP) is 2.87. The van der Waals surface area contributed by atoms with E-state index in [1.807, 2.05) is 4.90 Å². The molecule has 0 N–H and O–H groups in total. The van der Waals surface area contributed by atoms with Crippen molar-refractivity contribution < 1.29 is 4.92 Å². The van der Waals surface area contributed by atoms with Gasteiger partial charge in [-0.2, -0.15) is 0 Å². The normalized spacial score (nSPS) is 16.0. The summed E-state index contributed by atoms with van der Waals surface area (Å²) in [4.78, 5) is 29.7. The van der Waals surface area contributed by atoms with Gasteiger partial charge in [0.15, 0.2) is 0 Å². The molecule has 0 spiro atoms. The third kappa shape index (κ3) is 3.11. The highest BCUT2D eigenvalue weighted by molar-refractivity contribution is 5.61. The number of anilines is 1. The van der Waals surface area contributed by atoms with Crippen molar-refractivity contribution in [2.75, 3.05) is 18.0 Å². The number of piperidine rings is 1. The van der Waals surface area contributed by atoms with Crippen LogP contribution in [0.2, 0.25) is 0 Å². The molecule has 0 saturated carbocycles. The molecule has 0 unspecified atom stereocenters. The molecule has 3 rings (SSSR count). The SMILES string of the molecule is CC(C)CC1CCN(c2nc3ccccn3c(=O)c2[N+](=O)[O-])CC1. The number of nitro groups is 1. The molecule has 0 radical (unpaired) electrons. The zero-order valence-corrected chi connectivity index (χ0v) is 14.0. The first-order valence-corrected chi connectivity index (χ1v) is 8.38. The second-order valence-electron chi connectivity index (χ2n) is 6.84. The van der Waals surface area contributed by atoms with Gasteiger partial charge in [0.25, 0.3) is 0 Å². The Labute approximate surface area is 140 Å². The van der Waals surface area contributed by atoms with Gasteiger partial charge in [0.05, 0.1) is 4.92 Å². The van der Waals surface area contributed by atoms with E-state index in [1.165, 1.54) is 17.0 Å². The second kappa shape index (κ2) is 6.59. The van der Waals surface area contributed by atoms with Gasteiger partial charge in [-0.05, 0) is 43.2 Å². The number of hydrogen-bond acceptors (Lipinski definition) is 5. The zero-order valence-electron chi connectivity index (χ0n) is 14.0. The smallest absolute Gasteiger partial charge is 0.351 e. The molecule has 7 heteroatoms. The summed E-state index contributed by atoms with van der Waals surface area (Å²) in [5, 5.41) is 11.5. The topological polar surface area (TPSA) is 80.8 Å². The van der Waals surface area contributed by atoms with E-state index >= 15 is 0 Å². The first-order valence-electron chi connectivity index (χ1n) is 8.38. The van der Waals surface area contributed by atoms with Crippen molar-refractivity contribution in [1.29, 1.82) is 0 Å². The first-order chi connectivity index (χ1) is 11.5. The van der Waals surface area contributed by atoms with E-state index in [-0.39, 0.29) is 5.82 Å². The first kappa shape index (κ1) is 16.4. The van der Waals surface area contributed by atoms with Crippen molar-refractivity contribution in [3.63, 3.8) is 0 Å². The molecule has 0 bridgehead atoms. The Morgan fingerprint density at radius 2 is 2.04 bits per heavy atom. The quantitative estimate of drug-likeness (QED) is 0.636. The van der Waals surface area contributed by atoms with Gasteiger partial charge in [0, 0.05) is 19.3 Å². The van der Waals surface area contributed by atoms with Crippen LogP contribution in [-0.4, -0.2) is 27.4 Å². The van der Waals surface area contributed by atoms with Gasteiger partial charge in [0.1, 0.15) is 5.65 Å². The van der Waals surface area contributed by atoms with Gasteiger partial charge in [-0.25, -0.2) is 4.98 Å². The number of hydrogen-bond donors (Lipinski definition) is 0. The molecule has 0 aromatic carbocycles. The molecular weight excluding hydrogens is 308 g/mol. The van der Waals surface area contributed by atoms with Crippen LogP contribution >= 0.6 is 0 Å². The zero-order chi connectivity index (χ0) is 17.3. The molecule has 1 fully saturated rings. The van der Waals surface area contributed by atoms with Gasteiger partial charge in [-0.1, -0.05) is 19.9 Å². The van der Waals surface area contributed by atoms with Crippen molar-refractivity contribution in [2.45, 2.75) is 33.1 Å². The summed E-state index contributed by atoms with van der Waals surface area (Å²) >= 11 is 0. The minimum absolute atomic E-state index is 0.208. The van der Waals surface area contributed by atoms with Crippen molar-refractivity contribution in [3.05, 3.63) is 44.9 Å². The van der Waals surface area contributed by atoms with Crippen LogP contribution in [0.15, 0.2) is 29.2 Å². The molecule has 0 amide bonds. The molecule has 1 aliphatic rings. The maximum atomic E-state index is 12.5. The molecule has 1 aliphatic heterocycles. The molecule has 128 valence electrons. The molecular formula is C17H22N4O3. The summed E-state index contributed by atoms with van der Waals surface area (Å²) in [5.74, 6) is 1.50. The summed E-state index contributed by atoms with van der Waals surface area (Å²) in [6.45, 7) is 5.83. The summed E-state index contributed by atoms with van der Waals surface area (Å²) in [5.41, 5.74) is -0.613. The van der Waals surface area contributed by atoms with Crippen molar-refractivity contribution in [1.82, 2.24) is 9.38 Å². The number of aromatic nitrogens is 2. The average Bonchev–Trinajstić information content (AvgIpc) is 2.54. The number of pyridine rings is 1. The molecule has 2 aromatic heterocycles. The Morgan fingerprint density at radius 1 is 1.33 bits per heavy atom. The van der Waals surface area contributed by atoms with E-state index in [2.05, 4.69) is 18.8 Å². The lowest BCUT2D eigenvalue weighted by atomic mass is 9.88. The van der Waals surface area contributed by atoms with Crippen LogP contribution in [0.1, 0.15) is 33.1 Å². The average molecular weight is 330 g/mol. The molecule has 2 aromatic rings. The molecule has 0 aliphatic carbocycles. The maximum Gasteiger partial charge on any atom is 0.376 e. The monoisotopic (exact) mass is 330 g/mol. The van der Waals surface area contributed by atoms with Gasteiger partial charge in [-0.15, -0.1) is 0 Å². The number of fused-ring (bicyclic) bond motifs is 1. The van der Waals surface area contributed by atoms with Crippen LogP contribution in [0.5, 0.6) is 0 Å². The minimum Gasteiger partial charge on any atom is -0.351 e. The highest BCUT2D eigenvalue weighted by Gasteiger charge is 2.30. The van der Waals surface area contributed by atoms with Crippen molar-refractivity contribution in [3.8, 4) is 0 Å². The Morgan fingerprint density at radius 3 is 2.67 bits per heavy atom. The van der Waals surface area contributed by atoms with Crippen molar-refractivity contribution >= 4 is 17.2 Å². The molecule has 1 saturated heterocycles. The molecule has 7 nitrogen and oxygen atoms in total. The van der Waals surface area contributed by atoms with E-state index in [9.17, 15) is 14.9 Å². The second-order valence-corrected chi connectivity index (χ2v) is 6.84. The van der Waals surface area contributed by atoms with Gasteiger partial charge in [-0.3, -0.25) is 19.3 Å². The predicted molar refractivity (Wildman–Crippen MR) is 92.5 cm³/mol. The van der Waals surface area contributed by atoms with Crippen LogP contribution < -0.4 is 10.5 Å². The van der Waals surface area contributed by atoms with Gasteiger partial charge >= 0.3 is 11.2 Å². The van der Waals surface area contributed by atoms with E-state index in [4.69, 9.17) is 0 Å². The van der Waals surface area contributed by atoms with Crippen LogP contribution in [0.3, 0.4) is 0 Å². The van der Waals surface area contributed by atoms with Crippen LogP contribution in [0.25, 0.3) is 5.65 Å². The number of nitrogens with zero attached hydrogens (tertiary/aromatic N) is 4. The summed E-state index contributed by atoms with van der Waals surface area (Å²) in [6.07, 6.45) is 4.64. The lowest BCUT2D eigenvalue weighted by molar-refractivity contribution is -0.385. The largest absolute Gasteiger partial charge is 0.376 e. The summed E-state index contributed by atoms with van der Waals surface area (Å²) < 4.78 is 1.23. The lowest BCUT2D eigenvalue weighted by Crippen LogP contribution is -2.36. The van der Waals surface area contributed by atoms with Gasteiger partial charge in [0.2, 0.25) is 5.82 Å². The Balaban J connectivity index is 1.96.